The minimum atomic E-state index is -0.597. The molecule has 0 aliphatic carbocycles. The molecule has 116 valence electrons. The standard InChI is InChI=1S/C15H22FN3O2/c1-2-7-17-14-13(16)12(6-9-18-14)15(20)19-8-5-11-4-3-10-21-11/h6,9,11H,2-5,7-8,10H2,1H3,(H,17,18)(H,19,20). The number of halogens is 1. The SMILES string of the molecule is CCCNc1nccc(C(=O)NCCC2CCCO2)c1F. The van der Waals surface area contributed by atoms with Gasteiger partial charge >= 0.3 is 0 Å². The van der Waals surface area contributed by atoms with Crippen LogP contribution in [0.5, 0.6) is 0 Å². The van der Waals surface area contributed by atoms with Crippen molar-refractivity contribution in [3.63, 3.8) is 0 Å². The van der Waals surface area contributed by atoms with Crippen LogP contribution in [-0.2, 0) is 4.74 Å². The number of anilines is 1. The van der Waals surface area contributed by atoms with E-state index in [1.807, 2.05) is 6.92 Å². The zero-order chi connectivity index (χ0) is 15.1. The van der Waals surface area contributed by atoms with E-state index in [-0.39, 0.29) is 17.5 Å². The van der Waals surface area contributed by atoms with E-state index in [9.17, 15) is 9.18 Å². The molecule has 0 bridgehead atoms. The van der Waals surface area contributed by atoms with Gasteiger partial charge in [-0.15, -0.1) is 0 Å². The van der Waals surface area contributed by atoms with Crippen molar-refractivity contribution < 1.29 is 13.9 Å². The maximum absolute atomic E-state index is 14.2. The lowest BCUT2D eigenvalue weighted by Gasteiger charge is -2.11. The summed E-state index contributed by atoms with van der Waals surface area (Å²) in [5, 5.41) is 5.61. The fourth-order valence-electron chi connectivity index (χ4n) is 2.30. The van der Waals surface area contributed by atoms with Crippen LogP contribution < -0.4 is 10.6 Å². The van der Waals surface area contributed by atoms with Gasteiger partial charge in [-0.3, -0.25) is 4.79 Å². The average Bonchev–Trinajstić information content (AvgIpc) is 2.99. The highest BCUT2D eigenvalue weighted by molar-refractivity contribution is 5.95. The summed E-state index contributed by atoms with van der Waals surface area (Å²) in [7, 11) is 0. The fraction of sp³-hybridized carbons (Fsp3) is 0.600. The Balaban J connectivity index is 1.88. The van der Waals surface area contributed by atoms with Crippen molar-refractivity contribution in [3.8, 4) is 0 Å². The second-order valence-corrected chi connectivity index (χ2v) is 5.13. The Morgan fingerprint density at radius 3 is 3.10 bits per heavy atom. The Bertz CT molecular complexity index is 476. The first-order valence-electron chi connectivity index (χ1n) is 7.50. The van der Waals surface area contributed by atoms with Gasteiger partial charge in [0.25, 0.3) is 5.91 Å². The molecule has 0 aromatic carbocycles. The molecule has 1 aliphatic rings. The molecule has 5 nitrogen and oxygen atoms in total. The minimum Gasteiger partial charge on any atom is -0.378 e. The molecule has 1 saturated heterocycles. The van der Waals surface area contributed by atoms with Gasteiger partial charge in [0.2, 0.25) is 0 Å². The second kappa shape index (κ2) is 7.93. The number of amides is 1. The molecule has 0 saturated carbocycles. The zero-order valence-corrected chi connectivity index (χ0v) is 12.3. The van der Waals surface area contributed by atoms with Crippen molar-refractivity contribution in [3.05, 3.63) is 23.6 Å². The Labute approximate surface area is 124 Å². The van der Waals surface area contributed by atoms with Gasteiger partial charge in [0, 0.05) is 25.9 Å². The van der Waals surface area contributed by atoms with E-state index in [0.29, 0.717) is 13.1 Å². The number of rotatable bonds is 7. The molecule has 1 aromatic heterocycles. The predicted octanol–water partition coefficient (Wildman–Crippen LogP) is 2.34. The maximum Gasteiger partial charge on any atom is 0.254 e. The molecule has 2 rings (SSSR count). The molecule has 1 atom stereocenters. The second-order valence-electron chi connectivity index (χ2n) is 5.13. The molecule has 0 spiro atoms. The van der Waals surface area contributed by atoms with Gasteiger partial charge in [0.1, 0.15) is 0 Å². The van der Waals surface area contributed by atoms with Crippen molar-refractivity contribution in [2.24, 2.45) is 0 Å². The van der Waals surface area contributed by atoms with Gasteiger partial charge in [-0.1, -0.05) is 6.92 Å². The summed E-state index contributed by atoms with van der Waals surface area (Å²) in [6.45, 7) is 3.88. The number of hydrogen-bond acceptors (Lipinski definition) is 4. The molecule has 1 unspecified atom stereocenters. The minimum absolute atomic E-state index is 0.0240. The molecule has 1 aromatic rings. The van der Waals surface area contributed by atoms with Crippen LogP contribution in [0, 0.1) is 5.82 Å². The van der Waals surface area contributed by atoms with Crippen LogP contribution in [-0.4, -0.2) is 36.7 Å². The molecule has 2 N–H and O–H groups in total. The van der Waals surface area contributed by atoms with Crippen LogP contribution in [0.25, 0.3) is 0 Å². The first-order chi connectivity index (χ1) is 10.2. The Kier molecular flexibility index (Phi) is 5.92. The number of ether oxygens (including phenoxy) is 1. The van der Waals surface area contributed by atoms with Crippen LogP contribution in [0.15, 0.2) is 12.3 Å². The van der Waals surface area contributed by atoms with Gasteiger partial charge < -0.3 is 15.4 Å². The maximum atomic E-state index is 14.2. The largest absolute Gasteiger partial charge is 0.378 e. The van der Waals surface area contributed by atoms with E-state index in [1.165, 1.54) is 12.3 Å². The van der Waals surface area contributed by atoms with E-state index in [4.69, 9.17) is 4.74 Å². The molecule has 1 aliphatic heterocycles. The molecular formula is C15H22FN3O2. The van der Waals surface area contributed by atoms with Gasteiger partial charge in [-0.25, -0.2) is 9.37 Å². The lowest BCUT2D eigenvalue weighted by molar-refractivity contribution is 0.0904. The summed E-state index contributed by atoms with van der Waals surface area (Å²) < 4.78 is 19.6. The van der Waals surface area contributed by atoms with Crippen molar-refractivity contribution >= 4 is 11.7 Å². The highest BCUT2D eigenvalue weighted by Crippen LogP contribution is 2.16. The van der Waals surface area contributed by atoms with Crippen LogP contribution in [0.3, 0.4) is 0 Å². The molecular weight excluding hydrogens is 273 g/mol. The summed E-state index contributed by atoms with van der Waals surface area (Å²) in [6.07, 6.45) is 5.39. The highest BCUT2D eigenvalue weighted by atomic mass is 19.1. The van der Waals surface area contributed by atoms with Crippen molar-refractivity contribution in [1.82, 2.24) is 10.3 Å². The molecule has 1 amide bonds. The van der Waals surface area contributed by atoms with Crippen molar-refractivity contribution in [2.45, 2.75) is 38.7 Å². The van der Waals surface area contributed by atoms with Crippen LogP contribution >= 0.6 is 0 Å². The zero-order valence-electron chi connectivity index (χ0n) is 12.3. The molecule has 6 heteroatoms. The monoisotopic (exact) mass is 295 g/mol. The number of hydrogen-bond donors (Lipinski definition) is 2. The normalized spacial score (nSPS) is 17.7. The summed E-state index contributed by atoms with van der Waals surface area (Å²) in [5.74, 6) is -0.878. The Morgan fingerprint density at radius 2 is 2.38 bits per heavy atom. The quantitative estimate of drug-likeness (QED) is 0.810. The average molecular weight is 295 g/mol. The summed E-state index contributed by atoms with van der Waals surface area (Å²) in [6, 6.07) is 1.40. The topological polar surface area (TPSA) is 63.2 Å². The van der Waals surface area contributed by atoms with Crippen LogP contribution in [0.4, 0.5) is 10.2 Å². The number of carbonyl (C=O) groups is 1. The third-order valence-corrected chi connectivity index (χ3v) is 3.45. The van der Waals surface area contributed by atoms with Gasteiger partial charge in [-0.2, -0.15) is 0 Å². The first kappa shape index (κ1) is 15.7. The molecule has 0 radical (unpaired) electrons. The van der Waals surface area contributed by atoms with E-state index in [1.54, 1.807) is 0 Å². The molecule has 2 heterocycles. The van der Waals surface area contributed by atoms with E-state index in [2.05, 4.69) is 15.6 Å². The number of pyridine rings is 1. The lowest BCUT2D eigenvalue weighted by atomic mass is 10.2. The number of aromatic nitrogens is 1. The number of nitrogens with one attached hydrogen (secondary N) is 2. The van der Waals surface area contributed by atoms with Gasteiger partial charge in [0.05, 0.1) is 11.7 Å². The smallest absolute Gasteiger partial charge is 0.254 e. The van der Waals surface area contributed by atoms with Crippen LogP contribution in [0.2, 0.25) is 0 Å². The summed E-state index contributed by atoms with van der Waals surface area (Å²) in [5.41, 5.74) is 0.0240. The van der Waals surface area contributed by atoms with Crippen molar-refractivity contribution in [2.75, 3.05) is 25.0 Å². The number of nitrogens with zero attached hydrogens (tertiary/aromatic N) is 1. The predicted molar refractivity (Wildman–Crippen MR) is 78.9 cm³/mol. The van der Waals surface area contributed by atoms with E-state index < -0.39 is 11.7 Å². The van der Waals surface area contributed by atoms with E-state index in [0.717, 1.165) is 32.3 Å². The highest BCUT2D eigenvalue weighted by Gasteiger charge is 2.18. The summed E-state index contributed by atoms with van der Waals surface area (Å²) in [4.78, 5) is 15.9. The van der Waals surface area contributed by atoms with Crippen molar-refractivity contribution in [1.29, 1.82) is 0 Å². The summed E-state index contributed by atoms with van der Waals surface area (Å²) >= 11 is 0. The first-order valence-corrected chi connectivity index (χ1v) is 7.50. The number of carbonyl (C=O) groups excluding carboxylic acids is 1. The fourth-order valence-corrected chi connectivity index (χ4v) is 2.30. The van der Waals surface area contributed by atoms with E-state index >= 15 is 0 Å². The van der Waals surface area contributed by atoms with Crippen LogP contribution in [0.1, 0.15) is 43.0 Å². The lowest BCUT2D eigenvalue weighted by Crippen LogP contribution is -2.28. The van der Waals surface area contributed by atoms with Gasteiger partial charge in [0.15, 0.2) is 11.6 Å². The third kappa shape index (κ3) is 4.39. The third-order valence-electron chi connectivity index (χ3n) is 3.45. The molecule has 21 heavy (non-hydrogen) atoms. The Morgan fingerprint density at radius 1 is 1.52 bits per heavy atom. The molecule has 1 fully saturated rings. The van der Waals surface area contributed by atoms with Gasteiger partial charge in [-0.05, 0) is 31.7 Å². The Hall–Kier alpha value is -1.69.